The van der Waals surface area contributed by atoms with Gasteiger partial charge in [0.2, 0.25) is 11.8 Å². The molecule has 0 spiro atoms. The van der Waals surface area contributed by atoms with E-state index in [4.69, 9.17) is 0 Å². The smallest absolute Gasteiger partial charge is 0.233 e. The summed E-state index contributed by atoms with van der Waals surface area (Å²) < 4.78 is 0. The minimum absolute atomic E-state index is 0.0403. The average Bonchev–Trinajstić information content (AvgIpc) is 3.06. The first-order valence-electron chi connectivity index (χ1n) is 9.21. The molecule has 27 heavy (non-hydrogen) atoms. The fourth-order valence-electron chi connectivity index (χ4n) is 3.78. The third-order valence-electron chi connectivity index (χ3n) is 5.40. The Labute approximate surface area is 160 Å². The molecule has 2 atom stereocenters. The lowest BCUT2D eigenvalue weighted by molar-refractivity contribution is -0.143. The highest BCUT2D eigenvalue weighted by Crippen LogP contribution is 2.37. The summed E-state index contributed by atoms with van der Waals surface area (Å²) >= 11 is 0. The Morgan fingerprint density at radius 1 is 1.15 bits per heavy atom. The van der Waals surface area contributed by atoms with E-state index in [9.17, 15) is 14.7 Å². The molecule has 5 heteroatoms. The molecule has 2 aromatic carbocycles. The number of hydrogen-bond acceptors (Lipinski definition) is 3. The zero-order valence-corrected chi connectivity index (χ0v) is 15.8. The number of aliphatic hydroxyl groups is 1. The van der Waals surface area contributed by atoms with E-state index in [-0.39, 0.29) is 37.4 Å². The van der Waals surface area contributed by atoms with Gasteiger partial charge in [0.1, 0.15) is 0 Å². The molecule has 0 radical (unpaired) electrons. The maximum atomic E-state index is 13.1. The van der Waals surface area contributed by atoms with E-state index in [0.717, 1.165) is 11.1 Å². The fraction of sp³-hybridized carbons (Fsp3) is 0.364. The highest BCUT2D eigenvalue weighted by Gasteiger charge is 2.50. The van der Waals surface area contributed by atoms with Crippen LogP contribution in [0.15, 0.2) is 60.7 Å². The Kier molecular flexibility index (Phi) is 5.61. The number of amides is 2. The van der Waals surface area contributed by atoms with Gasteiger partial charge in [-0.2, -0.15) is 0 Å². The van der Waals surface area contributed by atoms with Gasteiger partial charge in [-0.1, -0.05) is 60.7 Å². The monoisotopic (exact) mass is 366 g/mol. The van der Waals surface area contributed by atoms with E-state index in [0.29, 0.717) is 6.54 Å². The third-order valence-corrected chi connectivity index (χ3v) is 5.40. The van der Waals surface area contributed by atoms with Crippen LogP contribution in [0.4, 0.5) is 0 Å². The van der Waals surface area contributed by atoms with Crippen LogP contribution in [0, 0.1) is 5.41 Å². The van der Waals surface area contributed by atoms with Crippen molar-refractivity contribution in [2.24, 2.45) is 5.41 Å². The van der Waals surface area contributed by atoms with Crippen LogP contribution in [-0.4, -0.2) is 46.9 Å². The lowest BCUT2D eigenvalue weighted by Crippen LogP contribution is -2.46. The van der Waals surface area contributed by atoms with Crippen molar-refractivity contribution in [1.29, 1.82) is 0 Å². The van der Waals surface area contributed by atoms with Crippen molar-refractivity contribution in [3.05, 3.63) is 71.8 Å². The standard InChI is InChI=1S/C22H26N2O3/c1-17(19-11-7-4-8-12-19)24-15-22(16-25,13-20(24)26)21(27)23(2)14-18-9-5-3-6-10-18/h3-12,17,25H,13-16H2,1-2H3/t17-,22-/m1/s1. The van der Waals surface area contributed by atoms with Gasteiger partial charge in [0.25, 0.3) is 0 Å². The van der Waals surface area contributed by atoms with Gasteiger partial charge >= 0.3 is 0 Å². The number of rotatable bonds is 6. The zero-order chi connectivity index (χ0) is 19.4. The lowest BCUT2D eigenvalue weighted by Gasteiger charge is -2.32. The van der Waals surface area contributed by atoms with Gasteiger partial charge in [-0.25, -0.2) is 0 Å². The topological polar surface area (TPSA) is 60.9 Å². The van der Waals surface area contributed by atoms with Crippen LogP contribution in [0.1, 0.15) is 30.5 Å². The van der Waals surface area contributed by atoms with Crippen molar-refractivity contribution in [1.82, 2.24) is 9.80 Å². The molecular weight excluding hydrogens is 340 g/mol. The summed E-state index contributed by atoms with van der Waals surface area (Å²) in [6.45, 7) is 2.30. The van der Waals surface area contributed by atoms with Gasteiger partial charge in [0, 0.05) is 26.6 Å². The van der Waals surface area contributed by atoms with Crippen LogP contribution >= 0.6 is 0 Å². The molecule has 0 unspecified atom stereocenters. The first-order chi connectivity index (χ1) is 13.0. The van der Waals surface area contributed by atoms with Gasteiger partial charge in [-0.05, 0) is 18.1 Å². The van der Waals surface area contributed by atoms with Gasteiger partial charge < -0.3 is 14.9 Å². The second-order valence-corrected chi connectivity index (χ2v) is 7.37. The van der Waals surface area contributed by atoms with Gasteiger partial charge in [0.15, 0.2) is 0 Å². The molecule has 2 amide bonds. The number of likely N-dealkylation sites (tertiary alicyclic amines) is 1. The van der Waals surface area contributed by atoms with Crippen molar-refractivity contribution in [3.63, 3.8) is 0 Å². The fourth-order valence-corrected chi connectivity index (χ4v) is 3.78. The third kappa shape index (κ3) is 3.88. The molecule has 0 aliphatic carbocycles. The summed E-state index contributed by atoms with van der Waals surface area (Å²) in [6.07, 6.45) is 0.0403. The molecule has 2 aromatic rings. The number of carbonyl (C=O) groups is 2. The van der Waals surface area contributed by atoms with Crippen molar-refractivity contribution >= 4 is 11.8 Å². The van der Waals surface area contributed by atoms with E-state index < -0.39 is 5.41 Å². The first-order valence-corrected chi connectivity index (χ1v) is 9.21. The SMILES string of the molecule is C[C@H](c1ccccc1)N1C[C@](CO)(C(=O)N(C)Cc2ccccc2)CC1=O. The van der Waals surface area contributed by atoms with E-state index in [1.807, 2.05) is 67.6 Å². The van der Waals surface area contributed by atoms with Crippen molar-refractivity contribution in [2.75, 3.05) is 20.2 Å². The summed E-state index contributed by atoms with van der Waals surface area (Å²) in [6, 6.07) is 19.3. The molecule has 1 saturated heterocycles. The molecule has 1 heterocycles. The molecule has 0 saturated carbocycles. The second kappa shape index (κ2) is 7.92. The molecule has 0 aromatic heterocycles. The highest BCUT2D eigenvalue weighted by molar-refractivity contribution is 5.92. The minimum atomic E-state index is -1.08. The molecule has 1 N–H and O–H groups in total. The Morgan fingerprint density at radius 2 is 1.74 bits per heavy atom. The first kappa shape index (κ1) is 19.1. The predicted octanol–water partition coefficient (Wildman–Crippen LogP) is 2.62. The number of benzene rings is 2. The molecule has 1 aliphatic heterocycles. The van der Waals surface area contributed by atoms with Gasteiger partial charge in [0.05, 0.1) is 18.1 Å². The molecule has 1 fully saturated rings. The van der Waals surface area contributed by atoms with Gasteiger partial charge in [-0.3, -0.25) is 9.59 Å². The van der Waals surface area contributed by atoms with Crippen LogP contribution in [0.25, 0.3) is 0 Å². The van der Waals surface area contributed by atoms with E-state index in [1.54, 1.807) is 16.8 Å². The van der Waals surface area contributed by atoms with Crippen LogP contribution in [-0.2, 0) is 16.1 Å². The van der Waals surface area contributed by atoms with Crippen LogP contribution in [0.3, 0.4) is 0 Å². The van der Waals surface area contributed by atoms with E-state index >= 15 is 0 Å². The predicted molar refractivity (Wildman–Crippen MR) is 104 cm³/mol. The maximum Gasteiger partial charge on any atom is 0.233 e. The summed E-state index contributed by atoms with van der Waals surface area (Å²) in [7, 11) is 1.72. The van der Waals surface area contributed by atoms with Crippen molar-refractivity contribution in [2.45, 2.75) is 25.9 Å². The summed E-state index contributed by atoms with van der Waals surface area (Å²) in [5.74, 6) is -0.285. The molecular formula is C22H26N2O3. The van der Waals surface area contributed by atoms with Crippen molar-refractivity contribution in [3.8, 4) is 0 Å². The number of nitrogens with zero attached hydrogens (tertiary/aromatic N) is 2. The summed E-state index contributed by atoms with van der Waals surface area (Å²) in [5.41, 5.74) is 0.953. The second-order valence-electron chi connectivity index (χ2n) is 7.37. The summed E-state index contributed by atoms with van der Waals surface area (Å²) in [5, 5.41) is 10.1. The van der Waals surface area contributed by atoms with E-state index in [2.05, 4.69) is 0 Å². The van der Waals surface area contributed by atoms with Crippen LogP contribution in [0.2, 0.25) is 0 Å². The summed E-state index contributed by atoms with van der Waals surface area (Å²) in [4.78, 5) is 29.1. The Balaban J connectivity index is 1.77. The zero-order valence-electron chi connectivity index (χ0n) is 15.8. The van der Waals surface area contributed by atoms with Crippen LogP contribution in [0.5, 0.6) is 0 Å². The number of hydrogen-bond donors (Lipinski definition) is 1. The Morgan fingerprint density at radius 3 is 2.33 bits per heavy atom. The average molecular weight is 366 g/mol. The minimum Gasteiger partial charge on any atom is -0.395 e. The van der Waals surface area contributed by atoms with Gasteiger partial charge in [-0.15, -0.1) is 0 Å². The maximum absolute atomic E-state index is 13.1. The Hall–Kier alpha value is -2.66. The van der Waals surface area contributed by atoms with E-state index in [1.165, 1.54) is 0 Å². The molecule has 0 bridgehead atoms. The molecule has 3 rings (SSSR count). The quantitative estimate of drug-likeness (QED) is 0.855. The Bertz CT molecular complexity index is 794. The molecule has 1 aliphatic rings. The largest absolute Gasteiger partial charge is 0.395 e. The highest BCUT2D eigenvalue weighted by atomic mass is 16.3. The lowest BCUT2D eigenvalue weighted by atomic mass is 9.86. The number of aliphatic hydroxyl groups excluding tert-OH is 1. The normalized spacial score (nSPS) is 20.6. The molecule has 142 valence electrons. The van der Waals surface area contributed by atoms with Crippen molar-refractivity contribution < 1.29 is 14.7 Å². The number of carbonyl (C=O) groups excluding carboxylic acids is 2. The van der Waals surface area contributed by atoms with Crippen LogP contribution < -0.4 is 0 Å². The molecule has 5 nitrogen and oxygen atoms in total.